The monoisotopic (exact) mass is 325 g/mol. The molecule has 6 nitrogen and oxygen atoms in total. The Morgan fingerprint density at radius 2 is 1.91 bits per heavy atom. The van der Waals surface area contributed by atoms with Crippen molar-refractivity contribution in [3.05, 3.63) is 11.6 Å². The molecule has 0 spiro atoms. The summed E-state index contributed by atoms with van der Waals surface area (Å²) in [5.41, 5.74) is -0.419. The Morgan fingerprint density at radius 3 is 2.41 bits per heavy atom. The fourth-order valence-corrected chi connectivity index (χ4v) is 3.98. The van der Waals surface area contributed by atoms with Gasteiger partial charge in [0.1, 0.15) is 17.7 Å². The van der Waals surface area contributed by atoms with Gasteiger partial charge >= 0.3 is 11.9 Å². The largest absolute Gasteiger partial charge is 0.391 e. The van der Waals surface area contributed by atoms with Gasteiger partial charge in [-0.2, -0.15) is 0 Å². The number of β-lactam (4-membered cyclic amide) rings is 1. The van der Waals surface area contributed by atoms with Crippen LogP contribution in [0.25, 0.3) is 0 Å². The first-order chi connectivity index (χ1) is 10.0. The van der Waals surface area contributed by atoms with Gasteiger partial charge < -0.3 is 9.64 Å². The second-order valence-electron chi connectivity index (χ2n) is 6.91. The van der Waals surface area contributed by atoms with E-state index in [4.69, 9.17) is 4.74 Å². The summed E-state index contributed by atoms with van der Waals surface area (Å²) < 4.78 is 4.35. The quantitative estimate of drug-likeness (QED) is 0.250. The SMILES string of the molecule is CC(C)(C)C(=O)OC(=O)[C@@H]1N2C(=O)C(=CC=O)[C@H]2SC1(C)C. The molecule has 0 aromatic heterocycles. The van der Waals surface area contributed by atoms with E-state index in [0.717, 1.165) is 0 Å². The van der Waals surface area contributed by atoms with Crippen molar-refractivity contribution in [1.82, 2.24) is 4.90 Å². The molecule has 2 aliphatic rings. The predicted octanol–water partition coefficient (Wildman–Crippen LogP) is 1.29. The van der Waals surface area contributed by atoms with E-state index >= 15 is 0 Å². The van der Waals surface area contributed by atoms with Gasteiger partial charge in [-0.05, 0) is 40.7 Å². The van der Waals surface area contributed by atoms with Gasteiger partial charge in [0, 0.05) is 4.75 Å². The van der Waals surface area contributed by atoms with Crippen LogP contribution in [0.1, 0.15) is 34.6 Å². The molecule has 120 valence electrons. The third kappa shape index (κ3) is 2.58. The fourth-order valence-electron chi connectivity index (χ4n) is 2.43. The van der Waals surface area contributed by atoms with Crippen LogP contribution in [0, 0.1) is 5.41 Å². The molecule has 0 radical (unpaired) electrons. The summed E-state index contributed by atoms with van der Waals surface area (Å²) in [6.45, 7) is 8.59. The average molecular weight is 325 g/mol. The molecular formula is C15H19NO5S. The summed E-state index contributed by atoms with van der Waals surface area (Å²) >= 11 is 1.41. The summed E-state index contributed by atoms with van der Waals surface area (Å²) in [5.74, 6) is -1.71. The highest BCUT2D eigenvalue weighted by molar-refractivity contribution is 8.01. The van der Waals surface area contributed by atoms with E-state index in [2.05, 4.69) is 0 Å². The summed E-state index contributed by atoms with van der Waals surface area (Å²) in [4.78, 5) is 48.3. The lowest BCUT2D eigenvalue weighted by Gasteiger charge is -2.39. The Kier molecular flexibility index (Phi) is 3.97. The zero-order valence-corrected chi connectivity index (χ0v) is 14.0. The van der Waals surface area contributed by atoms with Crippen LogP contribution in [0.5, 0.6) is 0 Å². The van der Waals surface area contributed by atoms with Crippen molar-refractivity contribution in [2.45, 2.75) is 50.8 Å². The van der Waals surface area contributed by atoms with Crippen LogP contribution in [0.3, 0.4) is 0 Å². The lowest BCUT2D eigenvalue weighted by atomic mass is 9.95. The number of carbonyl (C=O) groups excluding carboxylic acids is 4. The van der Waals surface area contributed by atoms with Crippen LogP contribution >= 0.6 is 11.8 Å². The van der Waals surface area contributed by atoms with Crippen molar-refractivity contribution in [3.63, 3.8) is 0 Å². The molecule has 0 N–H and O–H groups in total. The van der Waals surface area contributed by atoms with Gasteiger partial charge in [0.2, 0.25) is 0 Å². The summed E-state index contributed by atoms with van der Waals surface area (Å²) in [6.07, 6.45) is 1.79. The number of carbonyl (C=O) groups is 4. The highest BCUT2D eigenvalue weighted by Gasteiger charge is 2.62. The third-order valence-electron chi connectivity index (χ3n) is 3.63. The maximum absolute atomic E-state index is 12.4. The molecule has 0 unspecified atom stereocenters. The second-order valence-corrected chi connectivity index (χ2v) is 8.64. The third-order valence-corrected chi connectivity index (χ3v) is 5.16. The second kappa shape index (κ2) is 5.22. The van der Waals surface area contributed by atoms with E-state index in [1.165, 1.54) is 22.7 Å². The highest BCUT2D eigenvalue weighted by Crippen LogP contribution is 2.53. The number of aldehydes is 1. The minimum atomic E-state index is -0.842. The van der Waals surface area contributed by atoms with Crippen LogP contribution in [-0.2, 0) is 23.9 Å². The van der Waals surface area contributed by atoms with Gasteiger partial charge in [0.15, 0.2) is 0 Å². The highest BCUT2D eigenvalue weighted by atomic mass is 32.2. The number of esters is 2. The van der Waals surface area contributed by atoms with Gasteiger partial charge in [-0.25, -0.2) is 4.79 Å². The number of hydrogen-bond donors (Lipinski definition) is 0. The van der Waals surface area contributed by atoms with Crippen LogP contribution in [0.15, 0.2) is 11.6 Å². The molecule has 1 amide bonds. The number of nitrogens with zero attached hydrogens (tertiary/aromatic N) is 1. The first kappa shape index (κ1) is 16.7. The number of thioether (sulfide) groups is 1. The Balaban J connectivity index is 2.22. The molecule has 2 atom stereocenters. The maximum Gasteiger partial charge on any atom is 0.338 e. The zero-order chi connectivity index (χ0) is 16.9. The Hall–Kier alpha value is -1.63. The standard InChI is InChI=1S/C15H19NO5S/c1-14(2,3)13(20)21-12(19)9-15(4,5)22-11-8(6-7-17)10(18)16(9)11/h6-7,9,11H,1-5H3/t9-,11+/m0/s1. The van der Waals surface area contributed by atoms with Crippen molar-refractivity contribution >= 4 is 35.9 Å². The molecule has 0 aromatic rings. The van der Waals surface area contributed by atoms with E-state index in [1.54, 1.807) is 20.8 Å². The first-order valence-electron chi connectivity index (χ1n) is 6.92. The molecule has 2 rings (SSSR count). The lowest BCUT2D eigenvalue weighted by Crippen LogP contribution is -2.59. The van der Waals surface area contributed by atoms with Gasteiger partial charge in [-0.15, -0.1) is 11.8 Å². The summed E-state index contributed by atoms with van der Waals surface area (Å²) in [7, 11) is 0. The first-order valence-corrected chi connectivity index (χ1v) is 7.80. The maximum atomic E-state index is 12.4. The van der Waals surface area contributed by atoms with Gasteiger partial charge in [0.25, 0.3) is 5.91 Å². The average Bonchev–Trinajstić information content (AvgIpc) is 2.63. The predicted molar refractivity (Wildman–Crippen MR) is 80.8 cm³/mol. The molecule has 2 heterocycles. The van der Waals surface area contributed by atoms with E-state index in [0.29, 0.717) is 11.9 Å². The normalized spacial score (nSPS) is 28.1. The molecule has 2 aliphatic heterocycles. The molecule has 22 heavy (non-hydrogen) atoms. The molecule has 0 aliphatic carbocycles. The van der Waals surface area contributed by atoms with Crippen molar-refractivity contribution in [2.75, 3.05) is 0 Å². The number of allylic oxidation sites excluding steroid dienone is 1. The van der Waals surface area contributed by atoms with E-state index < -0.39 is 28.1 Å². The Morgan fingerprint density at radius 1 is 1.32 bits per heavy atom. The fraction of sp³-hybridized carbons (Fsp3) is 0.600. The number of rotatable bonds is 2. The van der Waals surface area contributed by atoms with Crippen molar-refractivity contribution < 1.29 is 23.9 Å². The van der Waals surface area contributed by atoms with Crippen LogP contribution < -0.4 is 0 Å². The van der Waals surface area contributed by atoms with Crippen LogP contribution in [0.4, 0.5) is 0 Å². The van der Waals surface area contributed by atoms with Crippen molar-refractivity contribution in [3.8, 4) is 0 Å². The van der Waals surface area contributed by atoms with Gasteiger partial charge in [0.05, 0.1) is 11.0 Å². The van der Waals surface area contributed by atoms with Gasteiger partial charge in [-0.3, -0.25) is 14.4 Å². The zero-order valence-electron chi connectivity index (χ0n) is 13.2. The van der Waals surface area contributed by atoms with E-state index in [1.807, 2.05) is 13.8 Å². The minimum Gasteiger partial charge on any atom is -0.391 e. The van der Waals surface area contributed by atoms with Crippen LogP contribution in [-0.4, -0.2) is 45.2 Å². The molecular weight excluding hydrogens is 306 g/mol. The molecule has 0 saturated carbocycles. The molecule has 7 heteroatoms. The lowest BCUT2D eigenvalue weighted by molar-refractivity contribution is -0.171. The van der Waals surface area contributed by atoms with Crippen molar-refractivity contribution in [2.24, 2.45) is 5.41 Å². The minimum absolute atomic E-state index is 0.338. The molecule has 0 bridgehead atoms. The summed E-state index contributed by atoms with van der Waals surface area (Å²) in [5, 5.41) is -0.338. The van der Waals surface area contributed by atoms with Crippen LogP contribution in [0.2, 0.25) is 0 Å². The molecule has 2 fully saturated rings. The smallest absolute Gasteiger partial charge is 0.338 e. The number of amides is 1. The Labute approximate surface area is 133 Å². The van der Waals surface area contributed by atoms with E-state index in [-0.39, 0.29) is 11.3 Å². The molecule has 0 aromatic carbocycles. The van der Waals surface area contributed by atoms with Crippen molar-refractivity contribution in [1.29, 1.82) is 0 Å². The number of hydrogen-bond acceptors (Lipinski definition) is 6. The summed E-state index contributed by atoms with van der Waals surface area (Å²) in [6, 6.07) is -0.842. The van der Waals surface area contributed by atoms with Gasteiger partial charge in [-0.1, -0.05) is 0 Å². The number of fused-ring (bicyclic) bond motifs is 1. The number of ether oxygens (including phenoxy) is 1. The topological polar surface area (TPSA) is 80.8 Å². The Bertz CT molecular complexity index is 587. The molecule has 2 saturated heterocycles. The van der Waals surface area contributed by atoms with E-state index in [9.17, 15) is 19.2 Å².